The molecule has 0 aliphatic carbocycles. The molecule has 0 saturated heterocycles. The zero-order valence-electron chi connectivity index (χ0n) is 12.1. The molecule has 22 heavy (non-hydrogen) atoms. The average molecular weight is 309 g/mol. The second-order valence-corrected chi connectivity index (χ2v) is 6.06. The largest absolute Gasteiger partial charge is 0.506 e. The number of thiophene rings is 1. The van der Waals surface area contributed by atoms with Crippen LogP contribution >= 0.6 is 11.3 Å². The van der Waals surface area contributed by atoms with E-state index in [0.29, 0.717) is 10.6 Å². The zero-order chi connectivity index (χ0) is 15.5. The van der Waals surface area contributed by atoms with Crippen molar-refractivity contribution in [2.24, 2.45) is 4.99 Å². The second kappa shape index (κ2) is 6.12. The summed E-state index contributed by atoms with van der Waals surface area (Å²) >= 11 is 1.49. The van der Waals surface area contributed by atoms with E-state index >= 15 is 0 Å². The van der Waals surface area contributed by atoms with Crippen molar-refractivity contribution >= 4 is 32.9 Å². The summed E-state index contributed by atoms with van der Waals surface area (Å²) in [6.45, 7) is 1.62. The lowest BCUT2D eigenvalue weighted by Crippen LogP contribution is -2.05. The van der Waals surface area contributed by atoms with Crippen molar-refractivity contribution < 1.29 is 9.90 Å². The maximum absolute atomic E-state index is 11.3. The maximum Gasteiger partial charge on any atom is 0.151 e. The number of hydrogen-bond acceptors (Lipinski definition) is 4. The molecule has 2 aromatic carbocycles. The van der Waals surface area contributed by atoms with E-state index in [1.165, 1.54) is 18.3 Å². The minimum absolute atomic E-state index is 0.00553. The average Bonchev–Trinajstić information content (AvgIpc) is 2.86. The fourth-order valence-electron chi connectivity index (χ4n) is 2.27. The Morgan fingerprint density at radius 1 is 1.09 bits per heavy atom. The molecule has 0 fully saturated rings. The molecule has 3 rings (SSSR count). The van der Waals surface area contributed by atoms with E-state index in [1.54, 1.807) is 0 Å². The van der Waals surface area contributed by atoms with E-state index in [9.17, 15) is 9.90 Å². The van der Waals surface area contributed by atoms with Gasteiger partial charge >= 0.3 is 0 Å². The first kappa shape index (κ1) is 14.5. The molecule has 0 spiro atoms. The highest BCUT2D eigenvalue weighted by molar-refractivity contribution is 7.21. The summed E-state index contributed by atoms with van der Waals surface area (Å²) in [7, 11) is 0. The summed E-state index contributed by atoms with van der Waals surface area (Å²) in [5, 5.41) is 11.3. The first-order chi connectivity index (χ1) is 10.7. The van der Waals surface area contributed by atoms with E-state index in [4.69, 9.17) is 0 Å². The molecule has 0 unspecified atom stereocenters. The normalized spacial score (nSPS) is 11.8. The summed E-state index contributed by atoms with van der Waals surface area (Å²) < 4.78 is 1.00. The van der Waals surface area contributed by atoms with Crippen molar-refractivity contribution in [1.29, 1.82) is 0 Å². The van der Waals surface area contributed by atoms with E-state index in [2.05, 4.69) is 4.99 Å². The van der Waals surface area contributed by atoms with Crippen LogP contribution in [0.3, 0.4) is 0 Å². The lowest BCUT2D eigenvalue weighted by Gasteiger charge is -2.05. The Kier molecular flexibility index (Phi) is 4.02. The predicted octanol–water partition coefficient (Wildman–Crippen LogP) is 4.03. The molecule has 3 aromatic rings. The van der Waals surface area contributed by atoms with Crippen LogP contribution in [0.2, 0.25) is 0 Å². The molecule has 3 nitrogen and oxygen atoms in total. The molecule has 0 saturated carbocycles. The summed E-state index contributed by atoms with van der Waals surface area (Å²) in [5.74, 6) is 0.223. The van der Waals surface area contributed by atoms with E-state index in [-0.39, 0.29) is 18.1 Å². The monoisotopic (exact) mass is 309 g/mol. The predicted molar refractivity (Wildman–Crippen MR) is 91.1 cm³/mol. The smallest absolute Gasteiger partial charge is 0.151 e. The van der Waals surface area contributed by atoms with Gasteiger partial charge in [0.05, 0.1) is 17.1 Å². The Labute approximate surface area is 132 Å². The highest BCUT2D eigenvalue weighted by atomic mass is 32.1. The first-order valence-electron chi connectivity index (χ1n) is 6.97. The topological polar surface area (TPSA) is 49.7 Å². The van der Waals surface area contributed by atoms with Gasteiger partial charge < -0.3 is 5.11 Å². The molecule has 1 aromatic heterocycles. The number of benzene rings is 2. The lowest BCUT2D eigenvalue weighted by molar-refractivity contribution is -0.115. The minimum Gasteiger partial charge on any atom is -0.506 e. The van der Waals surface area contributed by atoms with Gasteiger partial charge in [0, 0.05) is 15.6 Å². The second-order valence-electron chi connectivity index (χ2n) is 5.01. The number of hydrogen-bond donors (Lipinski definition) is 1. The third kappa shape index (κ3) is 2.78. The molecule has 0 radical (unpaired) electrons. The number of rotatable bonds is 4. The van der Waals surface area contributed by atoms with Crippen LogP contribution in [0.5, 0.6) is 5.75 Å². The number of aliphatic imine (C=N–C) groups is 1. The number of fused-ring (bicyclic) bond motifs is 1. The highest BCUT2D eigenvalue weighted by Crippen LogP contribution is 2.38. The number of aromatic hydroxyl groups is 1. The molecule has 0 aliphatic heterocycles. The fraction of sp³-hybridized carbons (Fsp3) is 0.111. The van der Waals surface area contributed by atoms with Crippen molar-refractivity contribution in [2.75, 3.05) is 6.54 Å². The molecule has 1 N–H and O–H groups in total. The third-order valence-corrected chi connectivity index (χ3v) is 4.46. The van der Waals surface area contributed by atoms with Crippen LogP contribution in [0.4, 0.5) is 0 Å². The minimum atomic E-state index is -0.00553. The van der Waals surface area contributed by atoms with Crippen molar-refractivity contribution in [3.8, 4) is 5.75 Å². The third-order valence-electron chi connectivity index (χ3n) is 3.29. The van der Waals surface area contributed by atoms with E-state index in [1.807, 2.05) is 54.6 Å². The Bertz CT molecular complexity index is 850. The molecule has 0 amide bonds. The van der Waals surface area contributed by atoms with Gasteiger partial charge in [0.15, 0.2) is 5.78 Å². The van der Waals surface area contributed by atoms with Gasteiger partial charge in [0.2, 0.25) is 0 Å². The lowest BCUT2D eigenvalue weighted by atomic mass is 10.1. The number of ketones is 1. The van der Waals surface area contributed by atoms with Gasteiger partial charge in [0.25, 0.3) is 0 Å². The molecule has 1 heterocycles. The number of carbonyl (C=O) groups excluding carboxylic acids is 1. The molecule has 0 atom stereocenters. The van der Waals surface area contributed by atoms with Crippen LogP contribution < -0.4 is 0 Å². The van der Waals surface area contributed by atoms with Gasteiger partial charge in [-0.1, -0.05) is 42.5 Å². The summed E-state index contributed by atoms with van der Waals surface area (Å²) in [5.41, 5.74) is 1.56. The summed E-state index contributed by atoms with van der Waals surface area (Å²) in [4.78, 5) is 16.4. The Balaban J connectivity index is 2.18. The van der Waals surface area contributed by atoms with Crippen LogP contribution in [0.25, 0.3) is 10.1 Å². The summed E-state index contributed by atoms with van der Waals surface area (Å²) in [6.07, 6.45) is 0. The highest BCUT2D eigenvalue weighted by Gasteiger charge is 2.17. The van der Waals surface area contributed by atoms with Crippen molar-refractivity contribution in [2.45, 2.75) is 6.92 Å². The van der Waals surface area contributed by atoms with Crippen LogP contribution in [0, 0.1) is 0 Å². The standard InChI is InChI=1S/C18H15NO2S/c1-12(20)11-19-16(13-7-3-2-4-8-13)18-17(21)14-9-5-6-10-15(14)22-18/h2-10,21H,11H2,1H3. The SMILES string of the molecule is CC(=O)CN=C(c1ccccc1)c1sc2ccccc2c1O. The van der Waals surface area contributed by atoms with Gasteiger partial charge in [-0.2, -0.15) is 0 Å². The van der Waals surface area contributed by atoms with Crippen molar-refractivity contribution in [1.82, 2.24) is 0 Å². The van der Waals surface area contributed by atoms with E-state index < -0.39 is 0 Å². The van der Waals surface area contributed by atoms with Crippen LogP contribution in [0.15, 0.2) is 59.6 Å². The van der Waals surface area contributed by atoms with Crippen molar-refractivity contribution in [3.63, 3.8) is 0 Å². The van der Waals surface area contributed by atoms with Gasteiger partial charge in [0.1, 0.15) is 5.75 Å². The first-order valence-corrected chi connectivity index (χ1v) is 7.78. The zero-order valence-corrected chi connectivity index (χ0v) is 12.9. The molecule has 0 aliphatic rings. The Morgan fingerprint density at radius 3 is 2.45 bits per heavy atom. The van der Waals surface area contributed by atoms with Gasteiger partial charge in [-0.15, -0.1) is 11.3 Å². The Hall–Kier alpha value is -2.46. The van der Waals surface area contributed by atoms with Gasteiger partial charge in [-0.25, -0.2) is 0 Å². The van der Waals surface area contributed by atoms with Crippen LogP contribution in [0.1, 0.15) is 17.4 Å². The van der Waals surface area contributed by atoms with Crippen molar-refractivity contribution in [3.05, 3.63) is 65.0 Å². The maximum atomic E-state index is 11.3. The molecule has 0 bridgehead atoms. The Morgan fingerprint density at radius 2 is 1.77 bits per heavy atom. The molecular formula is C18H15NO2S. The van der Waals surface area contributed by atoms with Crippen LogP contribution in [-0.4, -0.2) is 23.1 Å². The fourth-order valence-corrected chi connectivity index (χ4v) is 3.40. The van der Waals surface area contributed by atoms with Gasteiger partial charge in [-0.05, 0) is 19.1 Å². The van der Waals surface area contributed by atoms with Crippen LogP contribution in [-0.2, 0) is 4.79 Å². The quantitative estimate of drug-likeness (QED) is 0.740. The molecule has 110 valence electrons. The van der Waals surface area contributed by atoms with E-state index in [0.717, 1.165) is 15.6 Å². The molecule has 4 heteroatoms. The van der Waals surface area contributed by atoms with Gasteiger partial charge in [-0.3, -0.25) is 9.79 Å². The number of carbonyl (C=O) groups is 1. The number of nitrogens with zero attached hydrogens (tertiary/aromatic N) is 1. The number of Topliss-reactive ketones (excluding diaryl/α,β-unsaturated/α-hetero) is 1. The summed E-state index contributed by atoms with van der Waals surface area (Å²) in [6, 6.07) is 17.3. The molecular weight excluding hydrogens is 294 g/mol.